The summed E-state index contributed by atoms with van der Waals surface area (Å²) in [4.78, 5) is 0. The van der Waals surface area contributed by atoms with Gasteiger partial charge in [-0.05, 0) is 29.7 Å². The van der Waals surface area contributed by atoms with E-state index >= 15 is 0 Å². The molecule has 0 spiro atoms. The highest BCUT2D eigenvalue weighted by Crippen LogP contribution is 2.20. The molecule has 0 aliphatic carbocycles. The fraction of sp³-hybridized carbons (Fsp3) is 0. The van der Waals surface area contributed by atoms with Crippen LogP contribution in [-0.4, -0.2) is 0 Å². The van der Waals surface area contributed by atoms with Crippen molar-refractivity contribution in [3.8, 4) is 0 Å². The molecule has 10 heavy (non-hydrogen) atoms. The highest BCUT2D eigenvalue weighted by molar-refractivity contribution is 7.16. The van der Waals surface area contributed by atoms with Crippen molar-refractivity contribution in [3.63, 3.8) is 0 Å². The maximum Gasteiger partial charge on any atom is 0.123 e. The van der Waals surface area contributed by atoms with Crippen LogP contribution in [-0.2, 0) is 0 Å². The van der Waals surface area contributed by atoms with Gasteiger partial charge in [0.2, 0.25) is 0 Å². The molecule has 2 rings (SSSR count). The van der Waals surface area contributed by atoms with Crippen LogP contribution in [0.2, 0.25) is 0 Å². The molecule has 0 unspecified atom stereocenters. The molecule has 1 heterocycles. The number of fused-ring (bicyclic) bond motifs is 1. The summed E-state index contributed by atoms with van der Waals surface area (Å²) in [5, 5.41) is 3.88. The van der Waals surface area contributed by atoms with E-state index in [-0.39, 0.29) is 5.82 Å². The Hall–Kier alpha value is -0.890. The second-order valence-electron chi connectivity index (χ2n) is 2.05. The van der Waals surface area contributed by atoms with E-state index in [1.165, 1.54) is 23.5 Å². The quantitative estimate of drug-likeness (QED) is 0.543. The zero-order chi connectivity index (χ0) is 6.97. The fourth-order valence-electron chi connectivity index (χ4n) is 0.881. The molecular weight excluding hydrogens is 147 g/mol. The normalized spacial score (nSPS) is 10.5. The summed E-state index contributed by atoms with van der Waals surface area (Å²) in [6, 6.07) is 6.55. The fourth-order valence-corrected chi connectivity index (χ4v) is 1.57. The molecule has 2 heteroatoms. The molecule has 1 aromatic carbocycles. The molecule has 1 radical (unpaired) electrons. The van der Waals surface area contributed by atoms with Gasteiger partial charge in [0, 0.05) is 10.1 Å². The van der Waals surface area contributed by atoms with Crippen molar-refractivity contribution in [3.05, 3.63) is 35.5 Å². The Morgan fingerprint density at radius 3 is 3.20 bits per heavy atom. The Balaban J connectivity index is 2.86. The standard InChI is InChI=1S/C8H4FS/c9-7-1-2-8-6(5-7)3-4-10-8/h1-3,5H. The van der Waals surface area contributed by atoms with Gasteiger partial charge in [0.25, 0.3) is 0 Å². The summed E-state index contributed by atoms with van der Waals surface area (Å²) < 4.78 is 13.6. The lowest BCUT2D eigenvalue weighted by molar-refractivity contribution is 0.630. The zero-order valence-corrected chi connectivity index (χ0v) is 5.91. The van der Waals surface area contributed by atoms with Gasteiger partial charge in [0.05, 0.1) is 0 Å². The third kappa shape index (κ3) is 0.809. The average molecular weight is 151 g/mol. The lowest BCUT2D eigenvalue weighted by Crippen LogP contribution is -1.68. The number of rotatable bonds is 0. The van der Waals surface area contributed by atoms with Gasteiger partial charge in [-0.15, -0.1) is 11.3 Å². The molecule has 0 amide bonds. The maximum atomic E-state index is 12.5. The van der Waals surface area contributed by atoms with Crippen molar-refractivity contribution < 1.29 is 4.39 Å². The van der Waals surface area contributed by atoms with Crippen LogP contribution in [0.25, 0.3) is 10.1 Å². The first kappa shape index (κ1) is 5.86. The zero-order valence-electron chi connectivity index (χ0n) is 5.10. The van der Waals surface area contributed by atoms with Crippen LogP contribution in [0.4, 0.5) is 4.39 Å². The van der Waals surface area contributed by atoms with Crippen LogP contribution < -0.4 is 0 Å². The number of hydrogen-bond acceptors (Lipinski definition) is 1. The van der Waals surface area contributed by atoms with Crippen LogP contribution in [0.1, 0.15) is 0 Å². The van der Waals surface area contributed by atoms with Crippen LogP contribution >= 0.6 is 11.3 Å². The molecule has 0 saturated heterocycles. The van der Waals surface area contributed by atoms with Crippen molar-refractivity contribution in [2.75, 3.05) is 0 Å². The number of thiophene rings is 1. The molecule has 0 aliphatic heterocycles. The Kier molecular flexibility index (Phi) is 1.21. The van der Waals surface area contributed by atoms with E-state index < -0.39 is 0 Å². The van der Waals surface area contributed by atoms with E-state index in [0.29, 0.717) is 0 Å². The molecule has 0 saturated carbocycles. The summed E-state index contributed by atoms with van der Waals surface area (Å²) in [5.41, 5.74) is 0. The molecule has 0 atom stereocenters. The summed E-state index contributed by atoms with van der Waals surface area (Å²) in [6.45, 7) is 0. The summed E-state index contributed by atoms with van der Waals surface area (Å²) in [6.07, 6.45) is 0. The van der Waals surface area contributed by atoms with Gasteiger partial charge in [0.1, 0.15) is 5.82 Å². The smallest absolute Gasteiger partial charge is 0.123 e. The predicted molar refractivity (Wildman–Crippen MR) is 40.6 cm³/mol. The van der Waals surface area contributed by atoms with E-state index in [1.807, 2.05) is 0 Å². The first-order chi connectivity index (χ1) is 4.86. The minimum atomic E-state index is -0.181. The molecule has 0 aliphatic rings. The first-order valence-corrected chi connectivity index (χ1v) is 3.73. The third-order valence-electron chi connectivity index (χ3n) is 1.36. The molecule has 0 nitrogen and oxygen atoms in total. The first-order valence-electron chi connectivity index (χ1n) is 2.91. The topological polar surface area (TPSA) is 0 Å². The second kappa shape index (κ2) is 2.06. The summed E-state index contributed by atoms with van der Waals surface area (Å²) in [7, 11) is 0. The number of benzene rings is 1. The van der Waals surface area contributed by atoms with Crippen LogP contribution in [0.15, 0.2) is 24.3 Å². The van der Waals surface area contributed by atoms with Gasteiger partial charge in [-0.2, -0.15) is 0 Å². The van der Waals surface area contributed by atoms with Crippen molar-refractivity contribution in [2.45, 2.75) is 0 Å². The molecule has 2 aromatic rings. The van der Waals surface area contributed by atoms with Gasteiger partial charge in [0.15, 0.2) is 0 Å². The van der Waals surface area contributed by atoms with E-state index in [2.05, 4.69) is 5.38 Å². The molecule has 1 aromatic heterocycles. The van der Waals surface area contributed by atoms with Crippen molar-refractivity contribution in [2.24, 2.45) is 0 Å². The average Bonchev–Trinajstić information content (AvgIpc) is 2.33. The maximum absolute atomic E-state index is 12.5. The van der Waals surface area contributed by atoms with E-state index in [4.69, 9.17) is 0 Å². The van der Waals surface area contributed by atoms with Crippen LogP contribution in [0, 0.1) is 11.2 Å². The SMILES string of the molecule is Fc1ccc2s[c]cc2c1. The minimum absolute atomic E-state index is 0.181. The van der Waals surface area contributed by atoms with Crippen LogP contribution in [0.5, 0.6) is 0 Å². The lowest BCUT2D eigenvalue weighted by Gasteiger charge is -1.86. The summed E-state index contributed by atoms with van der Waals surface area (Å²) >= 11 is 1.50. The van der Waals surface area contributed by atoms with Crippen molar-refractivity contribution in [1.29, 1.82) is 0 Å². The van der Waals surface area contributed by atoms with Crippen LogP contribution in [0.3, 0.4) is 0 Å². The second-order valence-corrected chi connectivity index (χ2v) is 2.93. The Morgan fingerprint density at radius 2 is 2.30 bits per heavy atom. The molecular formula is C8H4FS. The predicted octanol–water partition coefficient (Wildman–Crippen LogP) is 2.84. The van der Waals surface area contributed by atoms with Crippen molar-refractivity contribution >= 4 is 21.4 Å². The molecule has 0 fully saturated rings. The molecule has 0 bridgehead atoms. The van der Waals surface area contributed by atoms with E-state index in [0.717, 1.165) is 10.1 Å². The Morgan fingerprint density at radius 1 is 1.40 bits per heavy atom. The van der Waals surface area contributed by atoms with E-state index in [9.17, 15) is 4.39 Å². The minimum Gasteiger partial charge on any atom is -0.207 e. The number of hydrogen-bond donors (Lipinski definition) is 0. The largest absolute Gasteiger partial charge is 0.207 e. The summed E-state index contributed by atoms with van der Waals surface area (Å²) in [5.74, 6) is -0.181. The Labute approximate surface area is 61.9 Å². The van der Waals surface area contributed by atoms with Gasteiger partial charge in [-0.25, -0.2) is 4.39 Å². The highest BCUT2D eigenvalue weighted by Gasteiger charge is 1.94. The highest BCUT2D eigenvalue weighted by atomic mass is 32.1. The molecule has 49 valence electrons. The van der Waals surface area contributed by atoms with Gasteiger partial charge in [-0.1, -0.05) is 0 Å². The molecule has 0 N–H and O–H groups in total. The lowest BCUT2D eigenvalue weighted by atomic mass is 10.3. The number of halogens is 1. The van der Waals surface area contributed by atoms with Crippen molar-refractivity contribution in [1.82, 2.24) is 0 Å². The monoisotopic (exact) mass is 151 g/mol. The Bertz CT molecular complexity index is 351. The van der Waals surface area contributed by atoms with Gasteiger partial charge < -0.3 is 0 Å². The third-order valence-corrected chi connectivity index (χ3v) is 2.18. The van der Waals surface area contributed by atoms with Gasteiger partial charge >= 0.3 is 0 Å². The van der Waals surface area contributed by atoms with Gasteiger partial charge in [-0.3, -0.25) is 0 Å². The van der Waals surface area contributed by atoms with E-state index in [1.54, 1.807) is 12.1 Å².